The molecular weight excluding hydrogens is 318 g/mol. The number of rotatable bonds is 10. The molecule has 142 valence electrons. The molecule has 1 aliphatic heterocycles. The number of aryl methyl sites for hydroxylation is 1. The van der Waals surface area contributed by atoms with E-state index in [1.54, 1.807) is 6.33 Å². The van der Waals surface area contributed by atoms with Crippen LogP contribution in [0.1, 0.15) is 32.5 Å². The van der Waals surface area contributed by atoms with Crippen LogP contribution in [-0.2, 0) is 17.7 Å². The van der Waals surface area contributed by atoms with E-state index in [2.05, 4.69) is 49.1 Å². The third kappa shape index (κ3) is 7.39. The number of ether oxygens (including phenoxy) is 1. The van der Waals surface area contributed by atoms with Gasteiger partial charge in [0.05, 0.1) is 13.2 Å². The first-order valence-electron chi connectivity index (χ1n) is 9.52. The summed E-state index contributed by atoms with van der Waals surface area (Å²) in [6.07, 6.45) is 4.96. The summed E-state index contributed by atoms with van der Waals surface area (Å²) >= 11 is 0. The lowest BCUT2D eigenvalue weighted by molar-refractivity contribution is 0.0389. The van der Waals surface area contributed by atoms with E-state index in [4.69, 9.17) is 4.74 Å². The van der Waals surface area contributed by atoms with E-state index in [-0.39, 0.29) is 0 Å². The number of aliphatic imine (C=N–C) groups is 1. The molecule has 0 radical (unpaired) electrons. The fourth-order valence-corrected chi connectivity index (χ4v) is 2.71. The number of hydrogen-bond donors (Lipinski definition) is 2. The number of nitrogens with one attached hydrogen (secondary N) is 2. The third-order valence-corrected chi connectivity index (χ3v) is 4.26. The van der Waals surface area contributed by atoms with Crippen molar-refractivity contribution in [1.29, 1.82) is 0 Å². The predicted molar refractivity (Wildman–Crippen MR) is 99.9 cm³/mol. The first-order chi connectivity index (χ1) is 12.3. The third-order valence-electron chi connectivity index (χ3n) is 4.26. The monoisotopic (exact) mass is 351 g/mol. The maximum Gasteiger partial charge on any atom is 0.191 e. The van der Waals surface area contributed by atoms with E-state index < -0.39 is 0 Å². The van der Waals surface area contributed by atoms with Gasteiger partial charge in [-0.2, -0.15) is 0 Å². The Morgan fingerprint density at radius 2 is 1.96 bits per heavy atom. The minimum atomic E-state index is 0.806. The molecule has 1 aromatic rings. The fourth-order valence-electron chi connectivity index (χ4n) is 2.71. The lowest BCUT2D eigenvalue weighted by Gasteiger charge is -2.26. The summed E-state index contributed by atoms with van der Waals surface area (Å²) in [4.78, 5) is 7.09. The van der Waals surface area contributed by atoms with Gasteiger partial charge in [-0.3, -0.25) is 9.89 Å². The van der Waals surface area contributed by atoms with Gasteiger partial charge in [0.25, 0.3) is 0 Å². The van der Waals surface area contributed by atoms with Crippen molar-refractivity contribution in [2.24, 2.45) is 4.99 Å². The largest absolute Gasteiger partial charge is 0.379 e. The van der Waals surface area contributed by atoms with Crippen LogP contribution in [-0.4, -0.2) is 78.1 Å². The van der Waals surface area contributed by atoms with Crippen LogP contribution in [0.2, 0.25) is 0 Å². The first kappa shape index (κ1) is 19.7. The van der Waals surface area contributed by atoms with Gasteiger partial charge in [-0.25, -0.2) is 0 Å². The van der Waals surface area contributed by atoms with Gasteiger partial charge < -0.3 is 19.9 Å². The zero-order valence-corrected chi connectivity index (χ0v) is 15.7. The zero-order chi connectivity index (χ0) is 17.7. The van der Waals surface area contributed by atoms with Gasteiger partial charge in [-0.05, 0) is 6.42 Å². The summed E-state index contributed by atoms with van der Waals surface area (Å²) in [5.74, 6) is 1.92. The smallest absolute Gasteiger partial charge is 0.191 e. The van der Waals surface area contributed by atoms with Gasteiger partial charge in [0, 0.05) is 52.2 Å². The standard InChI is InChI=1S/C17H33N7O/c1-3-5-6-18-17(19-7-9-23-11-13-25-14-12-23)20-8-10-24-15-21-22-16(24)4-2/h15H,3-14H2,1-2H3,(H2,18,19,20). The fraction of sp³-hybridized carbons (Fsp3) is 0.824. The van der Waals surface area contributed by atoms with E-state index in [1.807, 2.05) is 0 Å². The van der Waals surface area contributed by atoms with E-state index in [9.17, 15) is 0 Å². The Hall–Kier alpha value is -1.67. The average Bonchev–Trinajstić information content (AvgIpc) is 3.10. The van der Waals surface area contributed by atoms with Crippen LogP contribution in [0.15, 0.2) is 11.3 Å². The van der Waals surface area contributed by atoms with Crippen molar-refractivity contribution >= 4 is 5.96 Å². The molecule has 0 spiro atoms. The van der Waals surface area contributed by atoms with E-state index >= 15 is 0 Å². The normalized spacial score (nSPS) is 16.2. The Kier molecular flexibility index (Phi) is 9.28. The zero-order valence-electron chi connectivity index (χ0n) is 15.7. The van der Waals surface area contributed by atoms with Gasteiger partial charge in [-0.1, -0.05) is 20.3 Å². The van der Waals surface area contributed by atoms with E-state index in [0.29, 0.717) is 0 Å². The number of aromatic nitrogens is 3. The Morgan fingerprint density at radius 1 is 1.20 bits per heavy atom. The molecule has 0 unspecified atom stereocenters. The molecule has 0 aliphatic carbocycles. The molecule has 0 bridgehead atoms. The molecule has 25 heavy (non-hydrogen) atoms. The molecule has 0 atom stereocenters. The molecule has 0 amide bonds. The van der Waals surface area contributed by atoms with Crippen LogP contribution in [0, 0.1) is 0 Å². The minimum absolute atomic E-state index is 0.806. The van der Waals surface area contributed by atoms with Crippen molar-refractivity contribution in [3.8, 4) is 0 Å². The Bertz CT molecular complexity index is 497. The van der Waals surface area contributed by atoms with Crippen LogP contribution in [0.3, 0.4) is 0 Å². The average molecular weight is 351 g/mol. The molecule has 1 aromatic heterocycles. The number of unbranched alkanes of at least 4 members (excludes halogenated alkanes) is 1. The van der Waals surface area contributed by atoms with Gasteiger partial charge in [0.15, 0.2) is 5.96 Å². The highest BCUT2D eigenvalue weighted by Crippen LogP contribution is 1.96. The summed E-state index contributed by atoms with van der Waals surface area (Å²) < 4.78 is 7.48. The summed E-state index contributed by atoms with van der Waals surface area (Å²) in [5, 5.41) is 15.0. The topological polar surface area (TPSA) is 79.6 Å². The molecule has 1 aliphatic rings. The molecule has 2 N–H and O–H groups in total. The quantitative estimate of drug-likeness (QED) is 0.363. The second kappa shape index (κ2) is 11.8. The van der Waals surface area contributed by atoms with Gasteiger partial charge in [-0.15, -0.1) is 10.2 Å². The maximum atomic E-state index is 5.39. The number of guanidine groups is 1. The molecule has 1 fully saturated rings. The van der Waals surface area contributed by atoms with Crippen LogP contribution >= 0.6 is 0 Å². The number of morpholine rings is 1. The van der Waals surface area contributed by atoms with Gasteiger partial charge in [0.1, 0.15) is 12.2 Å². The summed E-state index contributed by atoms with van der Waals surface area (Å²) in [5.41, 5.74) is 0. The van der Waals surface area contributed by atoms with E-state index in [1.165, 1.54) is 0 Å². The number of nitrogens with zero attached hydrogens (tertiary/aromatic N) is 5. The minimum Gasteiger partial charge on any atom is -0.379 e. The molecular formula is C17H33N7O. The van der Waals surface area contributed by atoms with Crippen LogP contribution in [0.25, 0.3) is 0 Å². The molecule has 2 rings (SSSR count). The van der Waals surface area contributed by atoms with Crippen LogP contribution in [0.5, 0.6) is 0 Å². The van der Waals surface area contributed by atoms with Crippen LogP contribution < -0.4 is 10.6 Å². The SMILES string of the molecule is CCCCN=C(NCCN1CCOCC1)NCCn1cnnc1CC. The van der Waals surface area contributed by atoms with Crippen molar-refractivity contribution in [1.82, 2.24) is 30.3 Å². The Labute approximate surface area is 151 Å². The summed E-state index contributed by atoms with van der Waals surface area (Å²) in [7, 11) is 0. The second-order valence-corrected chi connectivity index (χ2v) is 6.19. The molecule has 8 nitrogen and oxygen atoms in total. The van der Waals surface area contributed by atoms with Gasteiger partial charge >= 0.3 is 0 Å². The van der Waals surface area contributed by atoms with Crippen LogP contribution in [0.4, 0.5) is 0 Å². The number of hydrogen-bond acceptors (Lipinski definition) is 5. The molecule has 1 saturated heterocycles. The molecule has 2 heterocycles. The summed E-state index contributed by atoms with van der Waals surface area (Å²) in [6.45, 7) is 12.4. The van der Waals surface area contributed by atoms with Crippen molar-refractivity contribution in [3.05, 3.63) is 12.2 Å². The van der Waals surface area contributed by atoms with Crippen molar-refractivity contribution in [2.75, 3.05) is 52.5 Å². The lowest BCUT2D eigenvalue weighted by atomic mass is 10.3. The molecule has 0 saturated carbocycles. The van der Waals surface area contributed by atoms with E-state index in [0.717, 1.165) is 90.1 Å². The summed E-state index contributed by atoms with van der Waals surface area (Å²) in [6, 6.07) is 0. The van der Waals surface area contributed by atoms with Crippen molar-refractivity contribution in [3.63, 3.8) is 0 Å². The highest BCUT2D eigenvalue weighted by atomic mass is 16.5. The lowest BCUT2D eigenvalue weighted by Crippen LogP contribution is -2.45. The Morgan fingerprint density at radius 3 is 2.68 bits per heavy atom. The highest BCUT2D eigenvalue weighted by Gasteiger charge is 2.09. The Balaban J connectivity index is 1.73. The second-order valence-electron chi connectivity index (χ2n) is 6.19. The van der Waals surface area contributed by atoms with Gasteiger partial charge in [0.2, 0.25) is 0 Å². The highest BCUT2D eigenvalue weighted by molar-refractivity contribution is 5.79. The maximum absolute atomic E-state index is 5.39. The molecule has 8 heteroatoms. The van der Waals surface area contributed by atoms with Crippen molar-refractivity contribution < 1.29 is 4.74 Å². The predicted octanol–water partition coefficient (Wildman–Crippen LogP) is 0.508. The first-order valence-corrected chi connectivity index (χ1v) is 9.52. The molecule has 0 aromatic carbocycles. The van der Waals surface area contributed by atoms with Crippen molar-refractivity contribution in [2.45, 2.75) is 39.7 Å².